The van der Waals surface area contributed by atoms with Crippen molar-refractivity contribution < 1.29 is 0 Å². The molecule has 0 saturated heterocycles. The predicted molar refractivity (Wildman–Crippen MR) is 169 cm³/mol. The molecule has 0 spiro atoms. The third kappa shape index (κ3) is 3.57. The Morgan fingerprint density at radius 3 is 1.18 bits per heavy atom. The molecule has 0 atom stereocenters. The highest BCUT2D eigenvalue weighted by molar-refractivity contribution is 7.25. The minimum Gasteiger partial charge on any atom is -0.134 e. The van der Waals surface area contributed by atoms with Gasteiger partial charge < -0.3 is 0 Å². The molecule has 0 unspecified atom stereocenters. The summed E-state index contributed by atoms with van der Waals surface area (Å²) < 4.78 is 0. The van der Waals surface area contributed by atoms with E-state index < -0.39 is 0 Å². The third-order valence-electron chi connectivity index (χ3n) is 7.51. The van der Waals surface area contributed by atoms with Crippen LogP contribution in [0.15, 0.2) is 133 Å². The first-order valence-electron chi connectivity index (χ1n) is 12.8. The minimum atomic E-state index is 1.28. The van der Waals surface area contributed by atoms with Gasteiger partial charge in [0.1, 0.15) is 0 Å². The Kier molecular flexibility index (Phi) is 4.97. The molecule has 2 heterocycles. The van der Waals surface area contributed by atoms with Crippen LogP contribution in [0.2, 0.25) is 0 Å². The van der Waals surface area contributed by atoms with Crippen molar-refractivity contribution in [3.05, 3.63) is 133 Å². The molecule has 0 N–H and O–H groups in total. The standard InChI is InChI=1S/C36H22S2/c1-3-7-29-23(5-1)9-11-25-21-27(13-15-31(25)29)33-17-19-35(37-33)36-20-18-34(38-36)28-14-16-32-26(22-28)12-10-24-6-2-4-8-30(24)32/h1-22H. The Morgan fingerprint density at radius 1 is 0.289 bits per heavy atom. The molecule has 8 aromatic rings. The van der Waals surface area contributed by atoms with Gasteiger partial charge >= 0.3 is 0 Å². The fourth-order valence-electron chi connectivity index (χ4n) is 5.58. The summed E-state index contributed by atoms with van der Waals surface area (Å²) in [5.41, 5.74) is 2.56. The van der Waals surface area contributed by atoms with Crippen molar-refractivity contribution in [3.8, 4) is 30.6 Å². The summed E-state index contributed by atoms with van der Waals surface area (Å²) in [5, 5.41) is 10.4. The molecule has 0 radical (unpaired) electrons. The highest BCUT2D eigenvalue weighted by Crippen LogP contribution is 2.42. The molecule has 2 heteroatoms. The number of fused-ring (bicyclic) bond motifs is 6. The fourth-order valence-corrected chi connectivity index (χ4v) is 7.68. The zero-order valence-corrected chi connectivity index (χ0v) is 22.2. The summed E-state index contributed by atoms with van der Waals surface area (Å²) in [5.74, 6) is 0. The lowest BCUT2D eigenvalue weighted by Gasteiger charge is -2.06. The maximum atomic E-state index is 2.33. The maximum Gasteiger partial charge on any atom is 0.0449 e. The minimum absolute atomic E-state index is 1.28. The Morgan fingerprint density at radius 2 is 0.684 bits per heavy atom. The monoisotopic (exact) mass is 518 g/mol. The predicted octanol–water partition coefficient (Wildman–Crippen LogP) is 11.4. The van der Waals surface area contributed by atoms with Crippen molar-refractivity contribution in [1.82, 2.24) is 0 Å². The molecule has 0 nitrogen and oxygen atoms in total. The Balaban J connectivity index is 1.13. The Hall–Kier alpha value is -4.24. The van der Waals surface area contributed by atoms with Gasteiger partial charge in [0.2, 0.25) is 0 Å². The maximum absolute atomic E-state index is 2.33. The first-order chi connectivity index (χ1) is 18.8. The normalized spacial score (nSPS) is 11.7. The van der Waals surface area contributed by atoms with E-state index in [9.17, 15) is 0 Å². The van der Waals surface area contributed by atoms with Crippen LogP contribution in [0.25, 0.3) is 73.7 Å². The average Bonchev–Trinajstić information content (AvgIpc) is 3.67. The molecular weight excluding hydrogens is 497 g/mol. The molecule has 0 bridgehead atoms. The molecular formula is C36H22S2. The summed E-state index contributed by atoms with van der Waals surface area (Å²) in [4.78, 5) is 5.26. The van der Waals surface area contributed by atoms with Crippen LogP contribution in [0.5, 0.6) is 0 Å². The molecule has 178 valence electrons. The van der Waals surface area contributed by atoms with E-state index in [1.165, 1.54) is 73.7 Å². The summed E-state index contributed by atoms with van der Waals surface area (Å²) in [6, 6.07) is 49.0. The van der Waals surface area contributed by atoms with E-state index >= 15 is 0 Å². The van der Waals surface area contributed by atoms with Gasteiger partial charge in [-0.1, -0.05) is 97.1 Å². The summed E-state index contributed by atoms with van der Waals surface area (Å²) in [7, 11) is 0. The van der Waals surface area contributed by atoms with Crippen LogP contribution < -0.4 is 0 Å². The van der Waals surface area contributed by atoms with Crippen molar-refractivity contribution in [2.75, 3.05) is 0 Å². The van der Waals surface area contributed by atoms with Gasteiger partial charge in [-0.3, -0.25) is 0 Å². The number of benzene rings is 6. The van der Waals surface area contributed by atoms with E-state index in [-0.39, 0.29) is 0 Å². The lowest BCUT2D eigenvalue weighted by atomic mass is 10.00. The molecule has 2 aromatic heterocycles. The van der Waals surface area contributed by atoms with E-state index in [0.29, 0.717) is 0 Å². The first kappa shape index (κ1) is 21.8. The fraction of sp³-hybridized carbons (Fsp3) is 0. The van der Waals surface area contributed by atoms with Crippen LogP contribution in [-0.4, -0.2) is 0 Å². The number of hydrogen-bond acceptors (Lipinski definition) is 2. The molecule has 8 rings (SSSR count). The molecule has 0 saturated carbocycles. The van der Waals surface area contributed by atoms with Gasteiger partial charge in [0.05, 0.1) is 0 Å². The average molecular weight is 519 g/mol. The molecule has 0 aliphatic carbocycles. The summed E-state index contributed by atoms with van der Waals surface area (Å²) >= 11 is 3.75. The van der Waals surface area contributed by atoms with Gasteiger partial charge in [0.25, 0.3) is 0 Å². The SMILES string of the molecule is c1ccc2c(c1)ccc1cc(-c3ccc(-c4ccc(-c5ccc6c(ccc7ccccc76)c5)s4)s3)ccc12. The zero-order chi connectivity index (χ0) is 25.1. The van der Waals surface area contributed by atoms with E-state index in [2.05, 4.69) is 133 Å². The molecule has 0 aliphatic heterocycles. The second kappa shape index (κ2) is 8.66. The van der Waals surface area contributed by atoms with Crippen LogP contribution in [0.1, 0.15) is 0 Å². The largest absolute Gasteiger partial charge is 0.134 e. The van der Waals surface area contributed by atoms with Gasteiger partial charge in [-0.05, 0) is 90.6 Å². The zero-order valence-electron chi connectivity index (χ0n) is 20.5. The van der Waals surface area contributed by atoms with Crippen molar-refractivity contribution >= 4 is 65.8 Å². The van der Waals surface area contributed by atoms with Crippen molar-refractivity contribution in [2.45, 2.75) is 0 Å². The van der Waals surface area contributed by atoms with Crippen LogP contribution in [0, 0.1) is 0 Å². The Bertz CT molecular complexity index is 1990. The number of hydrogen-bond donors (Lipinski definition) is 0. The second-order valence-electron chi connectivity index (χ2n) is 9.77. The first-order valence-corrected chi connectivity index (χ1v) is 14.5. The molecule has 0 aliphatic rings. The van der Waals surface area contributed by atoms with Gasteiger partial charge in [0, 0.05) is 19.5 Å². The summed E-state index contributed by atoms with van der Waals surface area (Å²) in [6.07, 6.45) is 0. The lowest BCUT2D eigenvalue weighted by molar-refractivity contribution is 1.75. The van der Waals surface area contributed by atoms with E-state index in [0.717, 1.165) is 0 Å². The van der Waals surface area contributed by atoms with E-state index in [4.69, 9.17) is 0 Å². The molecule has 6 aromatic carbocycles. The van der Waals surface area contributed by atoms with Crippen LogP contribution >= 0.6 is 22.7 Å². The van der Waals surface area contributed by atoms with Gasteiger partial charge in [-0.2, -0.15) is 0 Å². The topological polar surface area (TPSA) is 0 Å². The van der Waals surface area contributed by atoms with Gasteiger partial charge in [-0.25, -0.2) is 0 Å². The highest BCUT2D eigenvalue weighted by Gasteiger charge is 2.11. The lowest BCUT2D eigenvalue weighted by Crippen LogP contribution is -1.79. The third-order valence-corrected chi connectivity index (χ3v) is 9.98. The van der Waals surface area contributed by atoms with Crippen LogP contribution in [-0.2, 0) is 0 Å². The highest BCUT2D eigenvalue weighted by atomic mass is 32.1. The van der Waals surface area contributed by atoms with Gasteiger partial charge in [0.15, 0.2) is 0 Å². The van der Waals surface area contributed by atoms with Crippen molar-refractivity contribution in [2.24, 2.45) is 0 Å². The van der Waals surface area contributed by atoms with E-state index in [1.807, 2.05) is 22.7 Å². The molecule has 0 fully saturated rings. The van der Waals surface area contributed by atoms with Crippen LogP contribution in [0.3, 0.4) is 0 Å². The second-order valence-corrected chi connectivity index (χ2v) is 11.9. The quantitative estimate of drug-likeness (QED) is 0.204. The Labute approximate surface area is 229 Å². The van der Waals surface area contributed by atoms with Crippen molar-refractivity contribution in [3.63, 3.8) is 0 Å². The summed E-state index contributed by atoms with van der Waals surface area (Å²) in [6.45, 7) is 0. The van der Waals surface area contributed by atoms with Crippen LogP contribution in [0.4, 0.5) is 0 Å². The number of thiophene rings is 2. The molecule has 38 heavy (non-hydrogen) atoms. The molecule has 0 amide bonds. The van der Waals surface area contributed by atoms with Gasteiger partial charge in [-0.15, -0.1) is 22.7 Å². The number of rotatable bonds is 3. The van der Waals surface area contributed by atoms with E-state index in [1.54, 1.807) is 0 Å². The smallest absolute Gasteiger partial charge is 0.0449 e. The van der Waals surface area contributed by atoms with Crippen molar-refractivity contribution in [1.29, 1.82) is 0 Å².